The molecule has 2 unspecified atom stereocenters. The van der Waals surface area contributed by atoms with E-state index in [0.717, 1.165) is 23.0 Å². The average molecular weight is 369 g/mol. The SMILES string of the molecule is CC(C)(C)OC(=O)NC1CCC1C(=O)Nc1ccc(Br)cc1. The number of rotatable bonds is 3. The molecule has 1 aliphatic rings. The van der Waals surface area contributed by atoms with E-state index in [2.05, 4.69) is 26.6 Å². The maximum absolute atomic E-state index is 12.2. The Morgan fingerprint density at radius 2 is 1.82 bits per heavy atom. The van der Waals surface area contributed by atoms with E-state index in [1.54, 1.807) is 0 Å². The lowest BCUT2D eigenvalue weighted by atomic mass is 9.79. The largest absolute Gasteiger partial charge is 0.444 e. The zero-order valence-corrected chi connectivity index (χ0v) is 14.6. The van der Waals surface area contributed by atoms with Crippen LogP contribution in [-0.2, 0) is 9.53 Å². The molecule has 2 atom stereocenters. The van der Waals surface area contributed by atoms with Gasteiger partial charge in [-0.05, 0) is 57.9 Å². The van der Waals surface area contributed by atoms with E-state index in [1.807, 2.05) is 45.0 Å². The Balaban J connectivity index is 1.86. The number of carbonyl (C=O) groups excluding carboxylic acids is 2. The first-order valence-corrected chi connectivity index (χ1v) is 8.10. The van der Waals surface area contributed by atoms with Gasteiger partial charge in [-0.2, -0.15) is 0 Å². The molecule has 2 rings (SSSR count). The number of ether oxygens (including phenoxy) is 1. The number of anilines is 1. The summed E-state index contributed by atoms with van der Waals surface area (Å²) < 4.78 is 6.17. The van der Waals surface area contributed by atoms with Crippen LogP contribution in [0.4, 0.5) is 10.5 Å². The number of alkyl carbamates (subject to hydrolysis) is 1. The minimum Gasteiger partial charge on any atom is -0.444 e. The Hall–Kier alpha value is -1.56. The molecule has 0 spiro atoms. The molecule has 120 valence electrons. The Kier molecular flexibility index (Phi) is 5.11. The zero-order chi connectivity index (χ0) is 16.3. The first kappa shape index (κ1) is 16.8. The number of hydrogen-bond donors (Lipinski definition) is 2. The lowest BCUT2D eigenvalue weighted by Crippen LogP contribution is -2.52. The van der Waals surface area contributed by atoms with E-state index in [9.17, 15) is 9.59 Å². The van der Waals surface area contributed by atoms with Crippen molar-refractivity contribution in [2.75, 3.05) is 5.32 Å². The topological polar surface area (TPSA) is 67.4 Å². The summed E-state index contributed by atoms with van der Waals surface area (Å²) in [5.41, 5.74) is 0.208. The number of hydrogen-bond acceptors (Lipinski definition) is 3. The minimum atomic E-state index is -0.539. The van der Waals surface area contributed by atoms with Gasteiger partial charge in [-0.25, -0.2) is 4.79 Å². The molecule has 5 nitrogen and oxygen atoms in total. The molecular weight excluding hydrogens is 348 g/mol. The maximum atomic E-state index is 12.2. The van der Waals surface area contributed by atoms with Gasteiger partial charge in [0.2, 0.25) is 5.91 Å². The Bertz CT molecular complexity index is 552. The summed E-state index contributed by atoms with van der Waals surface area (Å²) in [6.07, 6.45) is 1.08. The fourth-order valence-corrected chi connectivity index (χ4v) is 2.48. The highest BCUT2D eigenvalue weighted by Crippen LogP contribution is 2.29. The second-order valence-corrected chi connectivity index (χ2v) is 7.35. The second kappa shape index (κ2) is 6.69. The van der Waals surface area contributed by atoms with Crippen LogP contribution in [0.3, 0.4) is 0 Å². The second-order valence-electron chi connectivity index (χ2n) is 6.43. The van der Waals surface area contributed by atoms with Gasteiger partial charge < -0.3 is 15.4 Å². The summed E-state index contributed by atoms with van der Waals surface area (Å²) in [5.74, 6) is -0.286. The molecule has 2 N–H and O–H groups in total. The molecule has 22 heavy (non-hydrogen) atoms. The standard InChI is InChI=1S/C16H21BrN2O3/c1-16(2,3)22-15(21)19-13-9-8-12(13)14(20)18-11-6-4-10(17)5-7-11/h4-7,12-13H,8-9H2,1-3H3,(H,18,20)(H,19,21). The third kappa shape index (κ3) is 4.73. The van der Waals surface area contributed by atoms with Crippen molar-refractivity contribution in [2.24, 2.45) is 5.92 Å². The molecule has 1 saturated carbocycles. The van der Waals surface area contributed by atoms with E-state index in [4.69, 9.17) is 4.74 Å². The van der Waals surface area contributed by atoms with Crippen LogP contribution in [0.5, 0.6) is 0 Å². The molecule has 0 heterocycles. The van der Waals surface area contributed by atoms with Crippen LogP contribution in [0.1, 0.15) is 33.6 Å². The molecule has 0 bridgehead atoms. The van der Waals surface area contributed by atoms with Crippen molar-refractivity contribution in [3.05, 3.63) is 28.7 Å². The van der Waals surface area contributed by atoms with Gasteiger partial charge in [0.05, 0.1) is 5.92 Å². The third-order valence-corrected chi connectivity index (χ3v) is 3.95. The van der Waals surface area contributed by atoms with Crippen molar-refractivity contribution in [3.63, 3.8) is 0 Å². The molecule has 6 heteroatoms. The summed E-state index contributed by atoms with van der Waals surface area (Å²) in [7, 11) is 0. The van der Waals surface area contributed by atoms with Gasteiger partial charge in [0, 0.05) is 16.2 Å². The van der Waals surface area contributed by atoms with Crippen molar-refractivity contribution in [1.29, 1.82) is 0 Å². The number of amides is 2. The van der Waals surface area contributed by atoms with E-state index in [0.29, 0.717) is 0 Å². The summed E-state index contributed by atoms with van der Waals surface area (Å²) in [6.45, 7) is 5.43. The predicted octanol–water partition coefficient (Wildman–Crippen LogP) is 3.69. The molecule has 1 fully saturated rings. The highest BCUT2D eigenvalue weighted by atomic mass is 79.9. The zero-order valence-electron chi connectivity index (χ0n) is 13.0. The molecule has 0 aliphatic heterocycles. The molecular formula is C16H21BrN2O3. The number of benzene rings is 1. The van der Waals surface area contributed by atoms with Crippen LogP contribution >= 0.6 is 15.9 Å². The predicted molar refractivity (Wildman–Crippen MR) is 88.7 cm³/mol. The van der Waals surface area contributed by atoms with Crippen LogP contribution in [0.25, 0.3) is 0 Å². The van der Waals surface area contributed by atoms with Crippen LogP contribution in [0, 0.1) is 5.92 Å². The monoisotopic (exact) mass is 368 g/mol. The summed E-state index contributed by atoms with van der Waals surface area (Å²) in [4.78, 5) is 24.0. The molecule has 0 aromatic heterocycles. The fourth-order valence-electron chi connectivity index (χ4n) is 2.21. The van der Waals surface area contributed by atoms with Crippen LogP contribution in [0.2, 0.25) is 0 Å². The van der Waals surface area contributed by atoms with Crippen molar-refractivity contribution < 1.29 is 14.3 Å². The average Bonchev–Trinajstić information content (AvgIpc) is 2.35. The Morgan fingerprint density at radius 1 is 1.18 bits per heavy atom. The van der Waals surface area contributed by atoms with Crippen molar-refractivity contribution in [3.8, 4) is 0 Å². The van der Waals surface area contributed by atoms with E-state index in [1.165, 1.54) is 0 Å². The lowest BCUT2D eigenvalue weighted by molar-refractivity contribution is -0.123. The van der Waals surface area contributed by atoms with Crippen LogP contribution in [0.15, 0.2) is 28.7 Å². The number of halogens is 1. The first-order chi connectivity index (χ1) is 10.2. The summed E-state index contributed by atoms with van der Waals surface area (Å²) in [6, 6.07) is 7.23. The lowest BCUT2D eigenvalue weighted by Gasteiger charge is -2.36. The Morgan fingerprint density at radius 3 is 2.32 bits per heavy atom. The highest BCUT2D eigenvalue weighted by Gasteiger charge is 2.38. The molecule has 2 amide bonds. The maximum Gasteiger partial charge on any atom is 0.407 e. The molecule has 0 saturated heterocycles. The van der Waals surface area contributed by atoms with Gasteiger partial charge in [0.1, 0.15) is 5.60 Å². The van der Waals surface area contributed by atoms with E-state index in [-0.39, 0.29) is 17.9 Å². The number of carbonyl (C=O) groups is 2. The van der Waals surface area contributed by atoms with E-state index >= 15 is 0 Å². The molecule has 0 radical (unpaired) electrons. The van der Waals surface area contributed by atoms with Crippen molar-refractivity contribution >= 4 is 33.6 Å². The smallest absolute Gasteiger partial charge is 0.407 e. The third-order valence-electron chi connectivity index (χ3n) is 3.43. The normalized spacial score (nSPS) is 20.7. The van der Waals surface area contributed by atoms with Gasteiger partial charge >= 0.3 is 6.09 Å². The summed E-state index contributed by atoms with van der Waals surface area (Å²) >= 11 is 3.35. The highest BCUT2D eigenvalue weighted by molar-refractivity contribution is 9.10. The van der Waals surface area contributed by atoms with Gasteiger partial charge in [0.25, 0.3) is 0 Å². The van der Waals surface area contributed by atoms with Gasteiger partial charge in [-0.15, -0.1) is 0 Å². The van der Waals surface area contributed by atoms with Crippen molar-refractivity contribution in [2.45, 2.75) is 45.3 Å². The van der Waals surface area contributed by atoms with Crippen LogP contribution < -0.4 is 10.6 Å². The Labute approximate surface area is 138 Å². The number of nitrogens with one attached hydrogen (secondary N) is 2. The first-order valence-electron chi connectivity index (χ1n) is 7.30. The molecule has 1 aromatic carbocycles. The fraction of sp³-hybridized carbons (Fsp3) is 0.500. The van der Waals surface area contributed by atoms with Gasteiger partial charge in [-0.3, -0.25) is 4.79 Å². The molecule has 1 aromatic rings. The molecule has 1 aliphatic carbocycles. The van der Waals surface area contributed by atoms with Crippen molar-refractivity contribution in [1.82, 2.24) is 5.32 Å². The van der Waals surface area contributed by atoms with Crippen LogP contribution in [-0.4, -0.2) is 23.6 Å². The quantitative estimate of drug-likeness (QED) is 0.854. The minimum absolute atomic E-state index is 0.0744. The summed E-state index contributed by atoms with van der Waals surface area (Å²) in [5, 5.41) is 5.64. The van der Waals surface area contributed by atoms with Gasteiger partial charge in [-0.1, -0.05) is 15.9 Å². The van der Waals surface area contributed by atoms with E-state index < -0.39 is 11.7 Å². The van der Waals surface area contributed by atoms with Gasteiger partial charge in [0.15, 0.2) is 0 Å².